The molecule has 0 bridgehead atoms. The lowest BCUT2D eigenvalue weighted by Gasteiger charge is -2.11. The van der Waals surface area contributed by atoms with Gasteiger partial charge >= 0.3 is 7.60 Å². The smallest absolute Gasteiger partial charge is 0.391 e. The Kier molecular flexibility index (Phi) is 5.47. The van der Waals surface area contributed by atoms with Gasteiger partial charge in [0.2, 0.25) is 5.50 Å². The molecule has 0 amide bonds. The zero-order chi connectivity index (χ0) is 19.8. The van der Waals surface area contributed by atoms with Gasteiger partial charge < -0.3 is 23.5 Å². The summed E-state index contributed by atoms with van der Waals surface area (Å²) in [7, 11) is -4.45. The van der Waals surface area contributed by atoms with Crippen LogP contribution in [0.4, 0.5) is 0 Å². The predicted molar refractivity (Wildman–Crippen MR) is 104 cm³/mol. The van der Waals surface area contributed by atoms with Crippen LogP contribution in [0.2, 0.25) is 0 Å². The summed E-state index contributed by atoms with van der Waals surface area (Å²) in [6, 6.07) is 8.60. The molecule has 1 aromatic carbocycles. The summed E-state index contributed by atoms with van der Waals surface area (Å²) in [5.74, 6) is 2.26. The fourth-order valence-corrected chi connectivity index (χ4v) is 3.32. The Morgan fingerprint density at radius 2 is 1.89 bits per heavy atom. The maximum atomic E-state index is 11.5. The molecule has 0 atom stereocenters. The molecule has 2 heterocycles. The number of fused-ring (bicyclic) bond motifs is 1. The number of furan rings is 1. The highest BCUT2D eigenvalue weighted by molar-refractivity contribution is 7.59. The number of aromatic nitrogens is 2. The Labute approximate surface area is 158 Å². The van der Waals surface area contributed by atoms with Crippen LogP contribution in [0.25, 0.3) is 22.6 Å². The third-order valence-corrected chi connectivity index (χ3v) is 4.78. The maximum absolute atomic E-state index is 11.5. The Morgan fingerprint density at radius 3 is 2.48 bits per heavy atom. The first kappa shape index (κ1) is 19.7. The Balaban J connectivity index is 2.14. The molecule has 3 rings (SSSR count). The van der Waals surface area contributed by atoms with E-state index in [1.54, 1.807) is 6.07 Å². The second-order valence-corrected chi connectivity index (χ2v) is 8.98. The molecule has 7 nitrogen and oxygen atoms in total. The lowest BCUT2D eigenvalue weighted by Crippen LogP contribution is -2.06. The van der Waals surface area contributed by atoms with E-state index in [0.29, 0.717) is 47.8 Å². The number of imidazole rings is 1. The van der Waals surface area contributed by atoms with Crippen molar-refractivity contribution in [2.45, 2.75) is 34.2 Å². The second kappa shape index (κ2) is 7.50. The number of benzene rings is 1. The lowest BCUT2D eigenvalue weighted by atomic mass is 10.2. The molecule has 2 aromatic heterocycles. The van der Waals surface area contributed by atoms with Gasteiger partial charge in [0, 0.05) is 6.54 Å². The summed E-state index contributed by atoms with van der Waals surface area (Å²) in [5, 5.41) is 0. The maximum Gasteiger partial charge on any atom is 0.391 e. The number of ether oxygens (including phenoxy) is 1. The van der Waals surface area contributed by atoms with Crippen LogP contribution in [0, 0.1) is 11.8 Å². The van der Waals surface area contributed by atoms with Gasteiger partial charge in [0.05, 0.1) is 12.1 Å². The van der Waals surface area contributed by atoms with Crippen LogP contribution in [0.3, 0.4) is 0 Å². The van der Waals surface area contributed by atoms with E-state index in [2.05, 4.69) is 27.7 Å². The standard InChI is InChI=1S/C19H25N2O5P/c1-12(2)10-21-14-6-5-7-15(25-11-13(3)4)18(14)20-19(21)16-8-9-17(26-16)27(22,23)24/h5-9,12-13H,10-11H2,1-4H3,(H2,22,23,24). The lowest BCUT2D eigenvalue weighted by molar-refractivity contribution is 0.273. The highest BCUT2D eigenvalue weighted by Crippen LogP contribution is 2.37. The summed E-state index contributed by atoms with van der Waals surface area (Å²) < 4.78 is 24.8. The van der Waals surface area contributed by atoms with E-state index in [1.165, 1.54) is 6.07 Å². The molecule has 0 aliphatic heterocycles. The van der Waals surface area contributed by atoms with Gasteiger partial charge in [0.1, 0.15) is 11.3 Å². The molecule has 8 heteroatoms. The molecule has 3 aromatic rings. The molecule has 0 saturated heterocycles. The predicted octanol–water partition coefficient (Wildman–Crippen LogP) is 3.79. The first-order valence-corrected chi connectivity index (χ1v) is 10.6. The van der Waals surface area contributed by atoms with Crippen molar-refractivity contribution in [3.05, 3.63) is 30.3 Å². The van der Waals surface area contributed by atoms with E-state index in [1.807, 2.05) is 22.8 Å². The summed E-state index contributed by atoms with van der Waals surface area (Å²) >= 11 is 0. The molecule has 0 aliphatic rings. The van der Waals surface area contributed by atoms with Gasteiger partial charge in [0.15, 0.2) is 11.6 Å². The number of rotatable bonds is 7. The zero-order valence-electron chi connectivity index (χ0n) is 15.9. The van der Waals surface area contributed by atoms with Gasteiger partial charge in [-0.15, -0.1) is 0 Å². The average Bonchev–Trinajstić information content (AvgIpc) is 3.17. The minimum Gasteiger partial charge on any atom is -0.491 e. The van der Waals surface area contributed by atoms with Crippen molar-refractivity contribution in [1.82, 2.24) is 9.55 Å². The second-order valence-electron chi connectivity index (χ2n) is 7.45. The minimum absolute atomic E-state index is 0.319. The van der Waals surface area contributed by atoms with Crippen molar-refractivity contribution in [3.8, 4) is 17.3 Å². The quantitative estimate of drug-likeness (QED) is 0.594. The van der Waals surface area contributed by atoms with Crippen molar-refractivity contribution >= 4 is 24.1 Å². The van der Waals surface area contributed by atoms with Crippen LogP contribution in [-0.2, 0) is 11.1 Å². The third-order valence-electron chi connectivity index (χ3n) is 3.96. The summed E-state index contributed by atoms with van der Waals surface area (Å²) in [6.45, 7) is 9.61. The number of hydrogen-bond donors (Lipinski definition) is 2. The molecule has 146 valence electrons. The summed E-state index contributed by atoms with van der Waals surface area (Å²) in [5.41, 5.74) is 1.24. The number of nitrogens with zero attached hydrogens (tertiary/aromatic N) is 2. The van der Waals surface area contributed by atoms with Crippen LogP contribution < -0.4 is 10.2 Å². The molecular weight excluding hydrogens is 367 g/mol. The van der Waals surface area contributed by atoms with Gasteiger partial charge in [-0.1, -0.05) is 33.8 Å². The fourth-order valence-electron chi connectivity index (χ4n) is 2.84. The molecule has 0 unspecified atom stereocenters. The fraction of sp³-hybridized carbons (Fsp3) is 0.421. The molecule has 0 fully saturated rings. The van der Waals surface area contributed by atoms with E-state index in [0.717, 1.165) is 5.52 Å². The monoisotopic (exact) mass is 392 g/mol. The van der Waals surface area contributed by atoms with Crippen molar-refractivity contribution in [2.24, 2.45) is 11.8 Å². The summed E-state index contributed by atoms with van der Waals surface area (Å²) in [6.07, 6.45) is 0. The van der Waals surface area contributed by atoms with Gasteiger partial charge in [-0.25, -0.2) is 4.98 Å². The average molecular weight is 392 g/mol. The van der Waals surface area contributed by atoms with Crippen LogP contribution in [0.5, 0.6) is 5.75 Å². The molecule has 27 heavy (non-hydrogen) atoms. The van der Waals surface area contributed by atoms with Gasteiger partial charge in [-0.2, -0.15) is 0 Å². The highest BCUT2D eigenvalue weighted by atomic mass is 31.2. The first-order valence-electron chi connectivity index (χ1n) is 8.95. The van der Waals surface area contributed by atoms with Crippen LogP contribution >= 0.6 is 7.60 Å². The van der Waals surface area contributed by atoms with E-state index in [-0.39, 0.29) is 5.50 Å². The van der Waals surface area contributed by atoms with Crippen LogP contribution in [0.1, 0.15) is 27.7 Å². The Morgan fingerprint density at radius 1 is 1.15 bits per heavy atom. The number of para-hydroxylation sites is 1. The zero-order valence-corrected chi connectivity index (χ0v) is 16.8. The minimum atomic E-state index is -4.45. The van der Waals surface area contributed by atoms with Gasteiger partial charge in [-0.3, -0.25) is 4.57 Å². The van der Waals surface area contributed by atoms with E-state index in [9.17, 15) is 14.4 Å². The van der Waals surface area contributed by atoms with Crippen molar-refractivity contribution in [3.63, 3.8) is 0 Å². The van der Waals surface area contributed by atoms with Crippen molar-refractivity contribution in [2.75, 3.05) is 6.61 Å². The van der Waals surface area contributed by atoms with E-state index < -0.39 is 7.60 Å². The molecule has 0 aliphatic carbocycles. The molecule has 0 saturated carbocycles. The topological polar surface area (TPSA) is 97.7 Å². The van der Waals surface area contributed by atoms with Gasteiger partial charge in [0.25, 0.3) is 0 Å². The van der Waals surface area contributed by atoms with Crippen molar-refractivity contribution < 1.29 is 23.5 Å². The molecule has 0 spiro atoms. The van der Waals surface area contributed by atoms with Gasteiger partial charge in [-0.05, 0) is 36.1 Å². The van der Waals surface area contributed by atoms with E-state index >= 15 is 0 Å². The Hall–Kier alpha value is -2.08. The van der Waals surface area contributed by atoms with Crippen LogP contribution in [0.15, 0.2) is 34.7 Å². The molecule has 2 N–H and O–H groups in total. The SMILES string of the molecule is CC(C)COc1cccc2c1nc(-c1ccc(P(=O)(O)O)o1)n2CC(C)C. The van der Waals surface area contributed by atoms with Crippen molar-refractivity contribution in [1.29, 1.82) is 0 Å². The largest absolute Gasteiger partial charge is 0.491 e. The number of hydrogen-bond acceptors (Lipinski definition) is 4. The van der Waals surface area contributed by atoms with E-state index in [4.69, 9.17) is 14.1 Å². The third kappa shape index (κ3) is 4.26. The molecule has 0 radical (unpaired) electrons. The highest BCUT2D eigenvalue weighted by Gasteiger charge is 2.25. The first-order chi connectivity index (χ1) is 12.7. The Bertz CT molecular complexity index is 983. The summed E-state index contributed by atoms with van der Waals surface area (Å²) in [4.78, 5) is 23.4. The van der Waals surface area contributed by atoms with Crippen LogP contribution in [-0.4, -0.2) is 25.9 Å². The normalized spacial score (nSPS) is 12.4. The molecular formula is C19H25N2O5P.